The number of hydrogen-bond donors (Lipinski definition) is 2. The van der Waals surface area contributed by atoms with Crippen LogP contribution in [-0.2, 0) is 13.0 Å². The summed E-state index contributed by atoms with van der Waals surface area (Å²) >= 11 is 0. The predicted octanol–water partition coefficient (Wildman–Crippen LogP) is 5.74. The minimum atomic E-state index is 0.415. The Morgan fingerprint density at radius 2 is 2.04 bits per heavy atom. The van der Waals surface area contributed by atoms with Crippen molar-refractivity contribution in [3.8, 4) is 5.75 Å². The second-order valence-corrected chi connectivity index (χ2v) is 6.67. The van der Waals surface area contributed by atoms with Crippen LogP contribution in [0.5, 0.6) is 5.75 Å². The lowest BCUT2D eigenvalue weighted by atomic mass is 10.1. The molecule has 0 aliphatic carbocycles. The van der Waals surface area contributed by atoms with Crippen LogP contribution in [0, 0.1) is 0 Å². The van der Waals surface area contributed by atoms with Crippen LogP contribution in [-0.4, -0.2) is 11.8 Å². The highest BCUT2D eigenvalue weighted by molar-refractivity contribution is 5.82. The van der Waals surface area contributed by atoms with Crippen molar-refractivity contribution < 1.29 is 14.4 Å². The molecule has 3 rings (SSSR count). The average Bonchev–Trinajstić information content (AvgIpc) is 3.06. The second-order valence-electron chi connectivity index (χ2n) is 6.67. The molecular formula is C23H27NO3. The van der Waals surface area contributed by atoms with Gasteiger partial charge in [0, 0.05) is 23.9 Å². The maximum Gasteiger partial charge on any atom is 0.134 e. The van der Waals surface area contributed by atoms with E-state index in [1.165, 1.54) is 0 Å². The number of unbranched alkanes of at least 4 members (excludes halogenated alkanes) is 1. The van der Waals surface area contributed by atoms with Gasteiger partial charge in [-0.1, -0.05) is 49.8 Å². The highest BCUT2D eigenvalue weighted by Gasteiger charge is 2.14. The summed E-state index contributed by atoms with van der Waals surface area (Å²) in [5.41, 5.74) is 6.37. The van der Waals surface area contributed by atoms with Crippen LogP contribution in [0.4, 0.5) is 0 Å². The minimum Gasteiger partial charge on any atom is -0.489 e. The summed E-state index contributed by atoms with van der Waals surface area (Å²) in [4.78, 5) is 0. The van der Waals surface area contributed by atoms with E-state index in [1.807, 2.05) is 55.5 Å². The maximum atomic E-state index is 8.75. The quantitative estimate of drug-likeness (QED) is 0.475. The number of fused-ring (bicyclic) bond motifs is 1. The molecule has 0 amide bonds. The summed E-state index contributed by atoms with van der Waals surface area (Å²) in [5, 5.41) is 9.88. The first kappa shape index (κ1) is 19.2. The molecule has 2 aromatic carbocycles. The Kier molecular flexibility index (Phi) is 6.69. The van der Waals surface area contributed by atoms with Crippen LogP contribution < -0.4 is 10.2 Å². The molecule has 4 nitrogen and oxygen atoms in total. The summed E-state index contributed by atoms with van der Waals surface area (Å²) in [6.07, 6.45) is 5.10. The molecule has 0 saturated carbocycles. The third-order valence-electron chi connectivity index (χ3n) is 4.71. The van der Waals surface area contributed by atoms with Gasteiger partial charge in [0.05, 0.1) is 0 Å². The Balaban J connectivity index is 1.80. The molecule has 2 N–H and O–H groups in total. The predicted molar refractivity (Wildman–Crippen MR) is 109 cm³/mol. The normalized spacial score (nSPS) is 11.9. The van der Waals surface area contributed by atoms with Crippen molar-refractivity contribution in [2.45, 2.75) is 39.7 Å². The number of allylic oxidation sites excluding steroid dienone is 1. The largest absolute Gasteiger partial charge is 0.489 e. The Hall–Kier alpha value is -2.56. The molecule has 1 aromatic heterocycles. The minimum absolute atomic E-state index is 0.415. The zero-order valence-corrected chi connectivity index (χ0v) is 16.0. The molecule has 0 aliphatic heterocycles. The fourth-order valence-corrected chi connectivity index (χ4v) is 3.15. The van der Waals surface area contributed by atoms with Crippen molar-refractivity contribution >= 4 is 16.5 Å². The zero-order chi connectivity index (χ0) is 19.1. The van der Waals surface area contributed by atoms with Crippen molar-refractivity contribution in [1.82, 2.24) is 5.48 Å². The number of hydrogen-bond acceptors (Lipinski definition) is 4. The van der Waals surface area contributed by atoms with E-state index in [0.717, 1.165) is 58.4 Å². The molecule has 27 heavy (non-hydrogen) atoms. The monoisotopic (exact) mass is 365 g/mol. The zero-order valence-electron chi connectivity index (χ0n) is 16.0. The van der Waals surface area contributed by atoms with Crippen molar-refractivity contribution in [1.29, 1.82) is 0 Å². The van der Waals surface area contributed by atoms with Gasteiger partial charge in [-0.15, -0.1) is 0 Å². The Morgan fingerprint density at radius 1 is 1.19 bits per heavy atom. The molecule has 142 valence electrons. The number of ether oxygens (including phenoxy) is 1. The van der Waals surface area contributed by atoms with E-state index in [1.54, 1.807) is 0 Å². The van der Waals surface area contributed by atoms with Crippen LogP contribution in [0.25, 0.3) is 16.5 Å². The molecule has 0 unspecified atom stereocenters. The van der Waals surface area contributed by atoms with Gasteiger partial charge in [-0.3, -0.25) is 0 Å². The second kappa shape index (κ2) is 9.40. The summed E-state index contributed by atoms with van der Waals surface area (Å²) in [7, 11) is 0. The van der Waals surface area contributed by atoms with Gasteiger partial charge in [-0.25, -0.2) is 5.48 Å². The molecule has 0 atom stereocenters. The fraction of sp³-hybridized carbons (Fsp3) is 0.304. The van der Waals surface area contributed by atoms with Crippen molar-refractivity contribution in [2.75, 3.05) is 6.54 Å². The van der Waals surface area contributed by atoms with Crippen LogP contribution in [0.3, 0.4) is 0 Å². The number of rotatable bonds is 9. The number of benzene rings is 2. The average molecular weight is 365 g/mol. The number of para-hydroxylation sites is 1. The van der Waals surface area contributed by atoms with Crippen molar-refractivity contribution in [2.24, 2.45) is 0 Å². The SMILES string of the molecule is CCCCc1oc2ccccc2c1COc1cccc(/C(C)=C/CNO)c1. The lowest BCUT2D eigenvalue weighted by Gasteiger charge is -2.09. The molecule has 0 spiro atoms. The smallest absolute Gasteiger partial charge is 0.134 e. The van der Waals surface area contributed by atoms with Crippen LogP contribution in [0.1, 0.15) is 43.6 Å². The van der Waals surface area contributed by atoms with Gasteiger partial charge in [-0.05, 0) is 42.7 Å². The van der Waals surface area contributed by atoms with E-state index in [4.69, 9.17) is 14.4 Å². The highest BCUT2D eigenvalue weighted by atomic mass is 16.5. The van der Waals surface area contributed by atoms with Gasteiger partial charge in [0.2, 0.25) is 0 Å². The molecule has 0 aliphatic rings. The van der Waals surface area contributed by atoms with Crippen molar-refractivity contribution in [3.63, 3.8) is 0 Å². The Labute approximate surface area is 160 Å². The fourth-order valence-electron chi connectivity index (χ4n) is 3.15. The molecule has 0 radical (unpaired) electrons. The van der Waals surface area contributed by atoms with Gasteiger partial charge in [0.15, 0.2) is 0 Å². The highest BCUT2D eigenvalue weighted by Crippen LogP contribution is 2.29. The first-order valence-electron chi connectivity index (χ1n) is 9.49. The molecule has 0 bridgehead atoms. The first-order valence-corrected chi connectivity index (χ1v) is 9.49. The van der Waals surface area contributed by atoms with Gasteiger partial charge in [0.1, 0.15) is 23.7 Å². The number of nitrogens with one attached hydrogen (secondary N) is 1. The molecule has 1 heterocycles. The van der Waals surface area contributed by atoms with Gasteiger partial charge in [-0.2, -0.15) is 0 Å². The summed E-state index contributed by atoms with van der Waals surface area (Å²) in [5.74, 6) is 1.85. The number of aryl methyl sites for hydroxylation is 1. The van der Waals surface area contributed by atoms with E-state index in [-0.39, 0.29) is 0 Å². The van der Waals surface area contributed by atoms with Gasteiger partial charge < -0.3 is 14.4 Å². The topological polar surface area (TPSA) is 54.6 Å². The maximum absolute atomic E-state index is 8.75. The first-order chi connectivity index (χ1) is 13.2. The lowest BCUT2D eigenvalue weighted by Crippen LogP contribution is -2.05. The summed E-state index contributed by atoms with van der Waals surface area (Å²) < 4.78 is 12.2. The molecule has 4 heteroatoms. The third kappa shape index (κ3) is 4.79. The third-order valence-corrected chi connectivity index (χ3v) is 4.71. The molecular weight excluding hydrogens is 338 g/mol. The standard InChI is InChI=1S/C23H27NO3/c1-3-4-11-23-21(20-10-5-6-12-22(20)27-23)16-26-19-9-7-8-18(15-19)17(2)13-14-24-25/h5-10,12-13,15,24-25H,3-4,11,14,16H2,1-2H3/b17-13+. The Morgan fingerprint density at radius 3 is 2.85 bits per heavy atom. The Bertz CT molecular complexity index is 911. The van der Waals surface area contributed by atoms with Crippen LogP contribution >= 0.6 is 0 Å². The molecule has 0 saturated heterocycles. The van der Waals surface area contributed by atoms with E-state index >= 15 is 0 Å². The van der Waals surface area contributed by atoms with E-state index in [9.17, 15) is 0 Å². The van der Waals surface area contributed by atoms with E-state index in [2.05, 4.69) is 18.5 Å². The van der Waals surface area contributed by atoms with Crippen LogP contribution in [0.2, 0.25) is 0 Å². The molecule has 0 fully saturated rings. The van der Waals surface area contributed by atoms with Gasteiger partial charge >= 0.3 is 0 Å². The van der Waals surface area contributed by atoms with Crippen LogP contribution in [0.15, 0.2) is 59.0 Å². The van der Waals surface area contributed by atoms with Gasteiger partial charge in [0.25, 0.3) is 0 Å². The summed E-state index contributed by atoms with van der Waals surface area (Å²) in [6.45, 7) is 5.11. The number of furan rings is 1. The molecule has 3 aromatic rings. The van der Waals surface area contributed by atoms with Crippen molar-refractivity contribution in [3.05, 3.63) is 71.5 Å². The summed E-state index contributed by atoms with van der Waals surface area (Å²) in [6, 6.07) is 16.2. The number of hydroxylamine groups is 1. The van der Waals surface area contributed by atoms with E-state index < -0.39 is 0 Å². The lowest BCUT2D eigenvalue weighted by molar-refractivity contribution is 0.180. The van der Waals surface area contributed by atoms with E-state index in [0.29, 0.717) is 13.2 Å².